The first kappa shape index (κ1) is 18.3. The minimum atomic E-state index is -0.192. The van der Waals surface area contributed by atoms with Crippen LogP contribution in [0.1, 0.15) is 17.4 Å². The minimum absolute atomic E-state index is 0.192. The lowest BCUT2D eigenvalue weighted by atomic mass is 10.2. The van der Waals surface area contributed by atoms with E-state index in [9.17, 15) is 4.79 Å². The van der Waals surface area contributed by atoms with Gasteiger partial charge in [0.05, 0.1) is 23.6 Å². The van der Waals surface area contributed by atoms with Crippen LogP contribution in [0.5, 0.6) is 0 Å². The van der Waals surface area contributed by atoms with E-state index in [1.807, 2.05) is 54.7 Å². The van der Waals surface area contributed by atoms with Crippen molar-refractivity contribution in [3.05, 3.63) is 88.1 Å². The van der Waals surface area contributed by atoms with Crippen LogP contribution < -0.4 is 5.56 Å². The normalized spacial score (nSPS) is 11.6. The van der Waals surface area contributed by atoms with Crippen LogP contribution in [0.3, 0.4) is 0 Å². The summed E-state index contributed by atoms with van der Waals surface area (Å²) in [5, 5.41) is 9.60. The Kier molecular flexibility index (Phi) is 4.61. The van der Waals surface area contributed by atoms with Gasteiger partial charge < -0.3 is 4.42 Å². The predicted molar refractivity (Wildman–Crippen MR) is 118 cm³/mol. The fraction of sp³-hybridized carbons (Fsp3) is 0.0909. The van der Waals surface area contributed by atoms with Gasteiger partial charge in [0.2, 0.25) is 0 Å². The van der Waals surface area contributed by atoms with Gasteiger partial charge in [-0.3, -0.25) is 4.79 Å². The average molecular weight is 415 g/mol. The molecular weight excluding hydrogens is 398 g/mol. The lowest BCUT2D eigenvalue weighted by molar-refractivity contribution is 0.579. The van der Waals surface area contributed by atoms with Crippen molar-refractivity contribution in [1.29, 1.82) is 0 Å². The van der Waals surface area contributed by atoms with Gasteiger partial charge in [-0.2, -0.15) is 14.9 Å². The molecule has 8 heteroatoms. The molecule has 5 aromatic rings. The number of aryl methyl sites for hydroxylation is 1. The van der Waals surface area contributed by atoms with Gasteiger partial charge in [0, 0.05) is 16.6 Å². The van der Waals surface area contributed by atoms with Gasteiger partial charge in [-0.15, -0.1) is 11.3 Å². The first-order valence-corrected chi connectivity index (χ1v) is 10.3. The molecule has 0 aliphatic carbocycles. The zero-order valence-corrected chi connectivity index (χ0v) is 16.9. The van der Waals surface area contributed by atoms with Gasteiger partial charge in [-0.25, -0.2) is 9.67 Å². The van der Waals surface area contributed by atoms with E-state index < -0.39 is 0 Å². The summed E-state index contributed by atoms with van der Waals surface area (Å²) in [5.41, 5.74) is 2.08. The molecule has 1 aromatic carbocycles. The number of aromatic nitrogens is 4. The number of hydrogen-bond donors (Lipinski definition) is 0. The monoisotopic (exact) mass is 415 g/mol. The Balaban J connectivity index is 1.58. The summed E-state index contributed by atoms with van der Waals surface area (Å²) in [4.78, 5) is 19.0. The van der Waals surface area contributed by atoms with Crippen LogP contribution in [0.4, 0.5) is 0 Å². The van der Waals surface area contributed by atoms with Crippen molar-refractivity contribution in [2.24, 2.45) is 5.10 Å². The molecule has 0 aliphatic rings. The minimum Gasteiger partial charge on any atom is -0.463 e. The quantitative estimate of drug-likeness (QED) is 0.400. The van der Waals surface area contributed by atoms with Gasteiger partial charge in [0.15, 0.2) is 5.76 Å². The molecule has 5 rings (SSSR count). The molecule has 0 unspecified atom stereocenters. The van der Waals surface area contributed by atoms with Crippen LogP contribution >= 0.6 is 11.3 Å². The molecule has 0 atom stereocenters. The number of nitrogens with zero attached hydrogens (tertiary/aromatic N) is 5. The summed E-state index contributed by atoms with van der Waals surface area (Å²) < 4.78 is 8.55. The zero-order chi connectivity index (χ0) is 20.5. The fourth-order valence-electron chi connectivity index (χ4n) is 3.14. The maximum atomic E-state index is 12.8. The molecule has 0 N–H and O–H groups in total. The molecular formula is C22H17N5O2S. The van der Waals surface area contributed by atoms with Crippen LogP contribution in [0.25, 0.3) is 27.4 Å². The molecule has 0 amide bonds. The Morgan fingerprint density at radius 1 is 1.20 bits per heavy atom. The second-order valence-electron chi connectivity index (χ2n) is 6.61. The van der Waals surface area contributed by atoms with Crippen LogP contribution in [-0.2, 0) is 6.42 Å². The molecule has 148 valence electrons. The maximum Gasteiger partial charge on any atom is 0.282 e. The van der Waals surface area contributed by atoms with Crippen molar-refractivity contribution in [2.45, 2.75) is 13.3 Å². The Bertz CT molecular complexity index is 1390. The van der Waals surface area contributed by atoms with Crippen LogP contribution in [0.15, 0.2) is 81.6 Å². The molecule has 4 aromatic heterocycles. The zero-order valence-electron chi connectivity index (χ0n) is 16.1. The third-order valence-corrected chi connectivity index (χ3v) is 5.86. The first-order valence-electron chi connectivity index (χ1n) is 9.46. The standard InChI is InChI=1S/C22H17N5O2S/c1-2-17-11-18-21(30-17)23-14-27(22(18)28)24-12-15-13-26(16-7-4-3-5-8-16)25-20(15)19-9-6-10-29-19/h3-14H,2H2,1H3/b24-12-. The van der Waals surface area contributed by atoms with Gasteiger partial charge in [0.1, 0.15) is 16.9 Å². The Labute approximate surface area is 175 Å². The van der Waals surface area contributed by atoms with Crippen molar-refractivity contribution in [3.8, 4) is 17.1 Å². The van der Waals surface area contributed by atoms with E-state index >= 15 is 0 Å². The summed E-state index contributed by atoms with van der Waals surface area (Å²) in [6.45, 7) is 2.06. The number of para-hydroxylation sites is 1. The van der Waals surface area contributed by atoms with E-state index in [0.29, 0.717) is 16.8 Å². The molecule has 0 spiro atoms. The van der Waals surface area contributed by atoms with Gasteiger partial charge in [-0.05, 0) is 36.8 Å². The second-order valence-corrected chi connectivity index (χ2v) is 7.73. The SMILES string of the molecule is CCc1cc2c(=O)n(/N=C\c3cn(-c4ccccc4)nc3-c3ccco3)cnc2s1. The van der Waals surface area contributed by atoms with E-state index in [1.165, 1.54) is 22.3 Å². The van der Waals surface area contributed by atoms with Gasteiger partial charge in [0.25, 0.3) is 5.56 Å². The molecule has 0 radical (unpaired) electrons. The van der Waals surface area contributed by atoms with Crippen LogP contribution in [0.2, 0.25) is 0 Å². The van der Waals surface area contributed by atoms with E-state index in [-0.39, 0.29) is 5.56 Å². The molecule has 7 nitrogen and oxygen atoms in total. The van der Waals surface area contributed by atoms with Crippen molar-refractivity contribution in [2.75, 3.05) is 0 Å². The highest BCUT2D eigenvalue weighted by Crippen LogP contribution is 2.23. The van der Waals surface area contributed by atoms with E-state index in [1.54, 1.807) is 17.2 Å². The summed E-state index contributed by atoms with van der Waals surface area (Å²) in [7, 11) is 0. The summed E-state index contributed by atoms with van der Waals surface area (Å²) in [6, 6.07) is 15.3. The van der Waals surface area contributed by atoms with Crippen molar-refractivity contribution in [3.63, 3.8) is 0 Å². The number of hydrogen-bond acceptors (Lipinski definition) is 6. The molecule has 0 fully saturated rings. The third-order valence-electron chi connectivity index (χ3n) is 4.67. The summed E-state index contributed by atoms with van der Waals surface area (Å²) >= 11 is 1.53. The topological polar surface area (TPSA) is 78.2 Å². The van der Waals surface area contributed by atoms with Crippen LogP contribution in [0, 0.1) is 0 Å². The third kappa shape index (κ3) is 3.27. The first-order chi connectivity index (χ1) is 14.7. The molecule has 0 bridgehead atoms. The van der Waals surface area contributed by atoms with Crippen molar-refractivity contribution >= 4 is 27.8 Å². The average Bonchev–Trinajstić information content (AvgIpc) is 3.52. The Morgan fingerprint density at radius 2 is 2.07 bits per heavy atom. The van der Waals surface area contributed by atoms with Gasteiger partial charge in [-0.1, -0.05) is 25.1 Å². The summed E-state index contributed by atoms with van der Waals surface area (Å²) in [5.74, 6) is 0.623. The van der Waals surface area contributed by atoms with Gasteiger partial charge >= 0.3 is 0 Å². The number of furan rings is 1. The Hall–Kier alpha value is -3.78. The molecule has 30 heavy (non-hydrogen) atoms. The molecule has 4 heterocycles. The molecule has 0 saturated heterocycles. The smallest absolute Gasteiger partial charge is 0.282 e. The Morgan fingerprint density at radius 3 is 2.83 bits per heavy atom. The lowest BCUT2D eigenvalue weighted by Gasteiger charge is -1.98. The van der Waals surface area contributed by atoms with Crippen molar-refractivity contribution < 1.29 is 4.42 Å². The fourth-order valence-corrected chi connectivity index (χ4v) is 4.07. The maximum absolute atomic E-state index is 12.8. The summed E-state index contributed by atoms with van der Waals surface area (Å²) in [6.07, 6.45) is 7.38. The number of rotatable bonds is 5. The highest BCUT2D eigenvalue weighted by molar-refractivity contribution is 7.18. The van der Waals surface area contributed by atoms with E-state index in [0.717, 1.165) is 27.4 Å². The van der Waals surface area contributed by atoms with E-state index in [4.69, 9.17) is 4.42 Å². The van der Waals surface area contributed by atoms with Crippen molar-refractivity contribution in [1.82, 2.24) is 19.4 Å². The molecule has 0 saturated carbocycles. The van der Waals surface area contributed by atoms with Crippen LogP contribution in [-0.4, -0.2) is 25.7 Å². The second kappa shape index (κ2) is 7.57. The number of fused-ring (bicyclic) bond motifs is 1. The highest BCUT2D eigenvalue weighted by atomic mass is 32.1. The number of benzene rings is 1. The largest absolute Gasteiger partial charge is 0.463 e. The number of thiophene rings is 1. The van der Waals surface area contributed by atoms with E-state index in [2.05, 4.69) is 22.1 Å². The lowest BCUT2D eigenvalue weighted by Crippen LogP contribution is -2.16. The predicted octanol–water partition coefficient (Wildman–Crippen LogP) is 4.35. The molecule has 0 aliphatic heterocycles. The highest BCUT2D eigenvalue weighted by Gasteiger charge is 2.14.